The summed E-state index contributed by atoms with van der Waals surface area (Å²) in [5, 5.41) is 10.0. The number of aliphatic hydroxyl groups is 1. The highest BCUT2D eigenvalue weighted by Gasteiger charge is 2.99. The van der Waals surface area contributed by atoms with Gasteiger partial charge in [-0.15, -0.1) is 0 Å². The topological polar surface area (TPSA) is 46.5 Å². The first kappa shape index (κ1) is 7.66. The van der Waals surface area contributed by atoms with Crippen LogP contribution in [0, 0.1) is 46.8 Å². The normalized spacial score (nSPS) is 74.3. The van der Waals surface area contributed by atoms with Gasteiger partial charge in [0.1, 0.15) is 0 Å². The van der Waals surface area contributed by atoms with Crippen LogP contribution in [0.25, 0.3) is 0 Å². The summed E-state index contributed by atoms with van der Waals surface area (Å²) < 4.78 is 5.01. The summed E-state index contributed by atoms with van der Waals surface area (Å²) in [7, 11) is 1.51. The Balaban J connectivity index is 1.69. The Morgan fingerprint density at radius 3 is 2.67 bits per heavy atom. The predicted molar refractivity (Wildman–Crippen MR) is 49.5 cm³/mol. The fraction of sp³-hybridized carbons (Fsp3) is 0.917. The maximum atomic E-state index is 12.0. The van der Waals surface area contributed by atoms with Gasteiger partial charge >= 0.3 is 5.97 Å². The van der Waals surface area contributed by atoms with Gasteiger partial charge in [-0.3, -0.25) is 4.79 Å². The van der Waals surface area contributed by atoms with Gasteiger partial charge in [0.2, 0.25) is 0 Å². The van der Waals surface area contributed by atoms with Crippen LogP contribution in [-0.2, 0) is 9.53 Å². The summed E-state index contributed by atoms with van der Waals surface area (Å²) in [5.41, 5.74) is -0.100. The molecule has 3 heteroatoms. The van der Waals surface area contributed by atoms with Crippen LogP contribution in [0.1, 0.15) is 6.42 Å². The first-order valence-corrected chi connectivity index (χ1v) is 6.01. The molecule has 0 aliphatic heterocycles. The molecule has 9 atom stereocenters. The van der Waals surface area contributed by atoms with Crippen molar-refractivity contribution in [2.45, 2.75) is 12.5 Å². The van der Waals surface area contributed by atoms with Crippen LogP contribution >= 0.6 is 0 Å². The van der Waals surface area contributed by atoms with E-state index in [1.54, 1.807) is 0 Å². The van der Waals surface area contributed by atoms with Crippen LogP contribution in [0.2, 0.25) is 0 Å². The van der Waals surface area contributed by atoms with Gasteiger partial charge in [0.05, 0.1) is 18.6 Å². The lowest BCUT2D eigenvalue weighted by atomic mass is 9.69. The van der Waals surface area contributed by atoms with Gasteiger partial charge in [0, 0.05) is 0 Å². The number of hydrogen-bond acceptors (Lipinski definition) is 3. The van der Waals surface area contributed by atoms with E-state index >= 15 is 0 Å². The number of aliphatic hydroxyl groups excluding tert-OH is 1. The fourth-order valence-corrected chi connectivity index (χ4v) is 6.43. The monoisotopic (exact) mass is 206 g/mol. The number of carbonyl (C=O) groups is 1. The highest BCUT2D eigenvalue weighted by Crippen LogP contribution is 2.97. The second kappa shape index (κ2) is 1.75. The molecule has 0 aromatic carbocycles. The lowest BCUT2D eigenvalue weighted by Crippen LogP contribution is -2.39. The maximum Gasteiger partial charge on any atom is 0.312 e. The zero-order valence-electron chi connectivity index (χ0n) is 8.59. The Labute approximate surface area is 87.8 Å². The second-order valence-electron chi connectivity index (χ2n) is 6.20. The Bertz CT molecular complexity index is 402. The third kappa shape index (κ3) is 0.465. The molecule has 6 saturated carbocycles. The zero-order valence-corrected chi connectivity index (χ0v) is 8.59. The second-order valence-corrected chi connectivity index (χ2v) is 6.20. The summed E-state index contributed by atoms with van der Waals surface area (Å²) in [5.74, 6) is 4.32. The zero-order chi connectivity index (χ0) is 10.1. The van der Waals surface area contributed by atoms with E-state index in [4.69, 9.17) is 4.74 Å². The van der Waals surface area contributed by atoms with Crippen molar-refractivity contribution in [3.05, 3.63) is 0 Å². The molecule has 6 aliphatic carbocycles. The summed E-state index contributed by atoms with van der Waals surface area (Å²) in [6.07, 6.45) is 0.846. The van der Waals surface area contributed by atoms with Crippen LogP contribution in [0.4, 0.5) is 0 Å². The number of rotatable bonds is 1. The van der Waals surface area contributed by atoms with Crippen molar-refractivity contribution in [3.8, 4) is 0 Å². The average molecular weight is 206 g/mol. The smallest absolute Gasteiger partial charge is 0.312 e. The first-order chi connectivity index (χ1) is 7.24. The minimum Gasteiger partial charge on any atom is -0.469 e. The van der Waals surface area contributed by atoms with Crippen molar-refractivity contribution in [1.82, 2.24) is 0 Å². The molecule has 0 amide bonds. The highest BCUT2D eigenvalue weighted by molar-refractivity contribution is 5.86. The maximum absolute atomic E-state index is 12.0. The van der Waals surface area contributed by atoms with Crippen LogP contribution in [0.3, 0.4) is 0 Å². The molecule has 0 spiro atoms. The number of methoxy groups -OCH3 is 1. The fourth-order valence-electron chi connectivity index (χ4n) is 6.43. The lowest BCUT2D eigenvalue weighted by Gasteiger charge is -2.38. The molecule has 0 aromatic rings. The molecule has 80 valence electrons. The van der Waals surface area contributed by atoms with Gasteiger partial charge in [-0.2, -0.15) is 0 Å². The number of hydrogen-bond donors (Lipinski definition) is 1. The van der Waals surface area contributed by atoms with Gasteiger partial charge in [0.15, 0.2) is 0 Å². The van der Waals surface area contributed by atoms with Crippen LogP contribution in [0.5, 0.6) is 0 Å². The molecule has 2 bridgehead atoms. The molecular weight excluding hydrogens is 192 g/mol. The number of esters is 1. The lowest BCUT2D eigenvalue weighted by molar-refractivity contribution is -0.148. The van der Waals surface area contributed by atoms with Crippen LogP contribution in [0.15, 0.2) is 0 Å². The average Bonchev–Trinajstić information content (AvgIpc) is 3.06. The van der Waals surface area contributed by atoms with Crippen molar-refractivity contribution in [1.29, 1.82) is 0 Å². The number of fused-ring (bicyclic) bond motifs is 1. The van der Waals surface area contributed by atoms with Crippen molar-refractivity contribution >= 4 is 5.97 Å². The Kier molecular flexibility index (Phi) is 0.894. The number of ether oxygens (including phenoxy) is 1. The standard InChI is InChI=1S/C12H14O3/c1-15-11(14)12-8-3-2-4(13)6(10(8)12)7-5(3)9(7)12/h3-10,13H,2H2,1H3/t3-,4-,5-,6+,7-,8+,9-,10+,12+/m0/s1. The van der Waals surface area contributed by atoms with E-state index in [1.807, 2.05) is 0 Å². The molecule has 6 rings (SSSR count). The minimum absolute atomic E-state index is 0.0362. The first-order valence-electron chi connectivity index (χ1n) is 6.01. The van der Waals surface area contributed by atoms with Crippen molar-refractivity contribution in [2.75, 3.05) is 7.11 Å². The molecule has 6 aliphatic rings. The number of carbonyl (C=O) groups excluding carboxylic acids is 1. The molecule has 1 N–H and O–H groups in total. The Morgan fingerprint density at radius 2 is 2.07 bits per heavy atom. The molecule has 6 fully saturated rings. The molecule has 0 radical (unpaired) electrons. The Hall–Kier alpha value is -0.570. The summed E-state index contributed by atoms with van der Waals surface area (Å²) >= 11 is 0. The molecule has 3 nitrogen and oxygen atoms in total. The molecule has 0 unspecified atom stereocenters. The van der Waals surface area contributed by atoms with E-state index in [0.717, 1.165) is 12.3 Å². The summed E-state index contributed by atoms with van der Waals surface area (Å²) in [6, 6.07) is 0. The van der Waals surface area contributed by atoms with Gasteiger partial charge in [-0.05, 0) is 47.8 Å². The van der Waals surface area contributed by atoms with Gasteiger partial charge in [-0.1, -0.05) is 0 Å². The quantitative estimate of drug-likeness (QED) is 0.627. The van der Waals surface area contributed by atoms with E-state index in [1.165, 1.54) is 7.11 Å². The third-order valence-electron chi connectivity index (χ3n) is 6.38. The highest BCUT2D eigenvalue weighted by atomic mass is 16.5. The van der Waals surface area contributed by atoms with Gasteiger partial charge in [0.25, 0.3) is 0 Å². The minimum atomic E-state index is -0.114. The van der Waals surface area contributed by atoms with E-state index in [0.29, 0.717) is 35.5 Å². The largest absolute Gasteiger partial charge is 0.469 e. The van der Waals surface area contributed by atoms with Gasteiger partial charge in [-0.25, -0.2) is 0 Å². The predicted octanol–water partition coefficient (Wildman–Crippen LogP) is 0.278. The summed E-state index contributed by atoms with van der Waals surface area (Å²) in [6.45, 7) is 0. The van der Waals surface area contributed by atoms with Gasteiger partial charge < -0.3 is 9.84 Å². The summed E-state index contributed by atoms with van der Waals surface area (Å²) in [4.78, 5) is 12.0. The van der Waals surface area contributed by atoms with E-state index in [-0.39, 0.29) is 17.5 Å². The van der Waals surface area contributed by atoms with Crippen LogP contribution < -0.4 is 0 Å². The van der Waals surface area contributed by atoms with E-state index in [9.17, 15) is 9.90 Å². The van der Waals surface area contributed by atoms with Crippen molar-refractivity contribution in [2.24, 2.45) is 46.8 Å². The van der Waals surface area contributed by atoms with Crippen molar-refractivity contribution in [3.63, 3.8) is 0 Å². The molecule has 15 heavy (non-hydrogen) atoms. The SMILES string of the molecule is COC(=O)[C@]12[C@@H]3[C@@H]4[C@@H]5[C@@H]1[C@H]2[C@@H](C[C@@H]5O)[C@@H]43. The molecular formula is C12H14O3. The van der Waals surface area contributed by atoms with Crippen LogP contribution in [-0.4, -0.2) is 24.3 Å². The van der Waals surface area contributed by atoms with E-state index < -0.39 is 0 Å². The molecule has 0 heterocycles. The van der Waals surface area contributed by atoms with Crippen molar-refractivity contribution < 1.29 is 14.6 Å². The molecule has 0 aromatic heterocycles. The molecule has 0 saturated heterocycles. The van der Waals surface area contributed by atoms with E-state index in [2.05, 4.69) is 0 Å². The Morgan fingerprint density at radius 1 is 1.27 bits per heavy atom. The third-order valence-corrected chi connectivity index (χ3v) is 6.38.